The molecule has 1 atom stereocenters. The number of esters is 1. The summed E-state index contributed by atoms with van der Waals surface area (Å²) in [5.41, 5.74) is -0.0362. The molecule has 0 spiro atoms. The van der Waals surface area contributed by atoms with Crippen LogP contribution in [0.15, 0.2) is 29.8 Å². The van der Waals surface area contributed by atoms with Gasteiger partial charge in [-0.1, -0.05) is 26.0 Å². The van der Waals surface area contributed by atoms with Crippen molar-refractivity contribution in [3.8, 4) is 0 Å². The number of ether oxygens (including phenoxy) is 1. The minimum atomic E-state index is -0.907. The fraction of sp³-hybridized carbons (Fsp3) is 0.389. The predicted molar refractivity (Wildman–Crippen MR) is 95.2 cm³/mol. The first-order valence-electron chi connectivity index (χ1n) is 8.12. The van der Waals surface area contributed by atoms with E-state index in [1.807, 2.05) is 0 Å². The first-order valence-corrected chi connectivity index (χ1v) is 8.12. The predicted octanol–water partition coefficient (Wildman–Crippen LogP) is 2.27. The van der Waals surface area contributed by atoms with Gasteiger partial charge in [0, 0.05) is 12.1 Å². The van der Waals surface area contributed by atoms with Crippen LogP contribution < -0.4 is 5.32 Å². The summed E-state index contributed by atoms with van der Waals surface area (Å²) in [7, 11) is 0. The van der Waals surface area contributed by atoms with E-state index in [-0.39, 0.29) is 23.8 Å². The largest absolute Gasteiger partial charge is 0.464 e. The lowest BCUT2D eigenvalue weighted by molar-refractivity contribution is -0.384. The van der Waals surface area contributed by atoms with Gasteiger partial charge in [0.1, 0.15) is 6.04 Å². The highest BCUT2D eigenvalue weighted by Gasteiger charge is 2.27. The Morgan fingerprint density at radius 1 is 1.31 bits per heavy atom. The van der Waals surface area contributed by atoms with Crippen LogP contribution in [0.4, 0.5) is 5.69 Å². The second-order valence-corrected chi connectivity index (χ2v) is 5.91. The van der Waals surface area contributed by atoms with E-state index in [4.69, 9.17) is 4.74 Å². The minimum Gasteiger partial charge on any atom is -0.464 e. The molecule has 1 aromatic rings. The topological polar surface area (TPSA) is 116 Å². The molecule has 0 aromatic heterocycles. The number of carbonyl (C=O) groups is 3. The van der Waals surface area contributed by atoms with E-state index in [1.165, 1.54) is 37.3 Å². The van der Waals surface area contributed by atoms with Crippen LogP contribution in [0.25, 0.3) is 6.08 Å². The van der Waals surface area contributed by atoms with Gasteiger partial charge in [0.25, 0.3) is 11.6 Å². The van der Waals surface area contributed by atoms with Crippen molar-refractivity contribution in [2.45, 2.75) is 33.7 Å². The third-order valence-electron chi connectivity index (χ3n) is 3.51. The van der Waals surface area contributed by atoms with Crippen LogP contribution in [0.1, 0.15) is 33.3 Å². The van der Waals surface area contributed by atoms with E-state index >= 15 is 0 Å². The van der Waals surface area contributed by atoms with Gasteiger partial charge in [0.2, 0.25) is 0 Å². The van der Waals surface area contributed by atoms with E-state index in [0.717, 1.165) is 0 Å². The minimum absolute atomic E-state index is 0.159. The van der Waals surface area contributed by atoms with E-state index in [2.05, 4.69) is 5.32 Å². The number of amides is 1. The number of nitrogens with zero attached hydrogens (tertiary/aromatic N) is 1. The number of hydrogen-bond acceptors (Lipinski definition) is 6. The molecule has 1 amide bonds. The molecule has 1 N–H and O–H groups in total. The Labute approximate surface area is 151 Å². The number of nitro benzene ring substituents is 1. The number of ketones is 1. The lowest BCUT2D eigenvalue weighted by Gasteiger charge is -2.20. The summed E-state index contributed by atoms with van der Waals surface area (Å²) in [4.78, 5) is 46.6. The van der Waals surface area contributed by atoms with Gasteiger partial charge in [-0.15, -0.1) is 0 Å². The third kappa shape index (κ3) is 5.80. The molecule has 0 saturated carbocycles. The summed E-state index contributed by atoms with van der Waals surface area (Å²) in [5.74, 6) is -2.10. The summed E-state index contributed by atoms with van der Waals surface area (Å²) in [6, 6.07) is 4.64. The number of non-ortho nitro benzene ring substituents is 1. The van der Waals surface area contributed by atoms with Crippen LogP contribution in [-0.2, 0) is 19.1 Å². The Morgan fingerprint density at radius 3 is 2.46 bits per heavy atom. The molecule has 1 aromatic carbocycles. The van der Waals surface area contributed by atoms with Crippen LogP contribution in [0.5, 0.6) is 0 Å². The smallest absolute Gasteiger partial charge is 0.328 e. The highest BCUT2D eigenvalue weighted by Crippen LogP contribution is 2.16. The van der Waals surface area contributed by atoms with Crippen molar-refractivity contribution >= 4 is 29.4 Å². The molecule has 1 unspecified atom stereocenters. The van der Waals surface area contributed by atoms with Crippen LogP contribution in [-0.4, -0.2) is 35.2 Å². The molecular formula is C18H22N2O6. The van der Waals surface area contributed by atoms with Gasteiger partial charge in [0.15, 0.2) is 5.78 Å². The molecule has 0 aliphatic rings. The van der Waals surface area contributed by atoms with Gasteiger partial charge in [-0.25, -0.2) is 4.79 Å². The highest BCUT2D eigenvalue weighted by molar-refractivity contribution is 6.22. The Balaban J connectivity index is 3.14. The summed E-state index contributed by atoms with van der Waals surface area (Å²) in [5, 5.41) is 13.4. The Kier molecular flexibility index (Phi) is 7.64. The zero-order valence-corrected chi connectivity index (χ0v) is 15.1. The van der Waals surface area contributed by atoms with Crippen LogP contribution in [0, 0.1) is 16.0 Å². The molecule has 0 bridgehead atoms. The number of nitro groups is 1. The molecule has 1 rings (SSSR count). The van der Waals surface area contributed by atoms with Gasteiger partial charge in [0.05, 0.1) is 17.1 Å². The SMILES string of the molecule is CCOC(=O)C(NC(=O)C(=Cc1cccc([N+](=O)[O-])c1)C(C)=O)C(C)C. The van der Waals surface area contributed by atoms with Gasteiger partial charge in [-0.05, 0) is 31.4 Å². The average Bonchev–Trinajstić information content (AvgIpc) is 2.57. The first-order chi connectivity index (χ1) is 12.2. The number of nitrogens with one attached hydrogen (secondary N) is 1. The summed E-state index contributed by atoms with van der Waals surface area (Å²) < 4.78 is 4.93. The fourth-order valence-corrected chi connectivity index (χ4v) is 2.17. The maximum absolute atomic E-state index is 12.5. The van der Waals surface area contributed by atoms with Crippen molar-refractivity contribution in [1.82, 2.24) is 5.32 Å². The third-order valence-corrected chi connectivity index (χ3v) is 3.51. The normalized spacial score (nSPS) is 12.4. The molecule has 0 aliphatic carbocycles. The van der Waals surface area contributed by atoms with Gasteiger partial charge >= 0.3 is 5.97 Å². The van der Waals surface area contributed by atoms with Crippen molar-refractivity contribution in [3.63, 3.8) is 0 Å². The van der Waals surface area contributed by atoms with Crippen LogP contribution in [0.3, 0.4) is 0 Å². The second kappa shape index (κ2) is 9.45. The lowest BCUT2D eigenvalue weighted by atomic mass is 10.0. The van der Waals surface area contributed by atoms with Crippen LogP contribution >= 0.6 is 0 Å². The number of carbonyl (C=O) groups excluding carboxylic acids is 3. The molecule has 0 radical (unpaired) electrons. The maximum atomic E-state index is 12.5. The highest BCUT2D eigenvalue weighted by atomic mass is 16.6. The molecule has 0 fully saturated rings. The molecule has 8 heteroatoms. The molecule has 140 valence electrons. The van der Waals surface area contributed by atoms with Crippen molar-refractivity contribution in [3.05, 3.63) is 45.5 Å². The zero-order chi connectivity index (χ0) is 19.9. The Bertz CT molecular complexity index is 739. The monoisotopic (exact) mass is 362 g/mol. The van der Waals surface area contributed by atoms with Crippen molar-refractivity contribution in [2.24, 2.45) is 5.92 Å². The molecule has 26 heavy (non-hydrogen) atoms. The van der Waals surface area contributed by atoms with Gasteiger partial charge in [-0.2, -0.15) is 0 Å². The van der Waals surface area contributed by atoms with E-state index in [0.29, 0.717) is 5.56 Å². The first kappa shape index (κ1) is 21.0. The van der Waals surface area contributed by atoms with Crippen molar-refractivity contribution in [1.29, 1.82) is 0 Å². The second-order valence-electron chi connectivity index (χ2n) is 5.91. The average molecular weight is 362 g/mol. The molecule has 8 nitrogen and oxygen atoms in total. The molecule has 0 heterocycles. The number of hydrogen-bond donors (Lipinski definition) is 1. The summed E-state index contributed by atoms with van der Waals surface area (Å²) in [6.07, 6.45) is 1.26. The maximum Gasteiger partial charge on any atom is 0.328 e. The number of benzene rings is 1. The molecule has 0 aliphatic heterocycles. The van der Waals surface area contributed by atoms with Gasteiger partial charge < -0.3 is 10.1 Å². The molecule has 0 saturated heterocycles. The van der Waals surface area contributed by atoms with E-state index < -0.39 is 28.6 Å². The Morgan fingerprint density at radius 2 is 1.96 bits per heavy atom. The molecular weight excluding hydrogens is 340 g/mol. The quantitative estimate of drug-likeness (QED) is 0.189. The number of Topliss-reactive ketones (excluding diaryl/α,β-unsaturated/α-hetero) is 1. The Hall–Kier alpha value is -3.03. The van der Waals surface area contributed by atoms with Crippen LogP contribution in [0.2, 0.25) is 0 Å². The summed E-state index contributed by atoms with van der Waals surface area (Å²) in [6.45, 7) is 6.50. The standard InChI is InChI=1S/C18H22N2O6/c1-5-26-18(23)16(11(2)3)19-17(22)15(12(4)21)10-13-7-6-8-14(9-13)20(24)25/h6-11,16H,5H2,1-4H3,(H,19,22). The number of rotatable bonds is 8. The van der Waals surface area contributed by atoms with E-state index in [1.54, 1.807) is 20.8 Å². The fourth-order valence-electron chi connectivity index (χ4n) is 2.17. The zero-order valence-electron chi connectivity index (χ0n) is 15.1. The van der Waals surface area contributed by atoms with Gasteiger partial charge in [-0.3, -0.25) is 19.7 Å². The van der Waals surface area contributed by atoms with E-state index in [9.17, 15) is 24.5 Å². The van der Waals surface area contributed by atoms with Crippen molar-refractivity contribution < 1.29 is 24.0 Å². The van der Waals surface area contributed by atoms with Crippen molar-refractivity contribution in [2.75, 3.05) is 6.61 Å². The lowest BCUT2D eigenvalue weighted by Crippen LogP contribution is -2.46. The summed E-state index contributed by atoms with van der Waals surface area (Å²) >= 11 is 0.